The summed E-state index contributed by atoms with van der Waals surface area (Å²) < 4.78 is 26.4. The van der Waals surface area contributed by atoms with Crippen molar-refractivity contribution in [3.8, 4) is 0 Å². The molecule has 2 saturated heterocycles. The van der Waals surface area contributed by atoms with Gasteiger partial charge in [-0.2, -0.15) is 8.42 Å². The summed E-state index contributed by atoms with van der Waals surface area (Å²) in [5.74, 6) is -1.57. The minimum atomic E-state index is -3.51. The number of aliphatic hydroxyl groups is 1. The van der Waals surface area contributed by atoms with Gasteiger partial charge in [-0.1, -0.05) is 28.7 Å². The number of nitrogens with two attached hydrogens (primary N) is 2. The quantitative estimate of drug-likeness (QED) is 0.326. The molecular weight excluding hydrogens is 468 g/mol. The van der Waals surface area contributed by atoms with Gasteiger partial charge in [-0.3, -0.25) is 23.4 Å². The Kier molecular flexibility index (Phi) is 14.9. The third kappa shape index (κ3) is 9.94. The molecule has 0 radical (unpaired) electrons. The number of hydrogen-bond donors (Lipinski definition) is 3. The molecule has 0 saturated carbocycles. The van der Waals surface area contributed by atoms with E-state index in [1.165, 1.54) is 9.80 Å². The van der Waals surface area contributed by atoms with Crippen LogP contribution in [0.1, 0.15) is 54.4 Å². The molecule has 0 spiro atoms. The molecule has 2 unspecified atom stereocenters. The Hall–Kier alpha value is -2.25. The molecule has 0 aromatic carbocycles. The van der Waals surface area contributed by atoms with Crippen LogP contribution in [-0.2, 0) is 33.5 Å². The predicted molar refractivity (Wildman–Crippen MR) is 128 cm³/mol. The van der Waals surface area contributed by atoms with Crippen LogP contribution in [0.15, 0.2) is 0 Å². The molecular formula is C21H42N4O8S. The number of carbonyl (C=O) groups is 4. The van der Waals surface area contributed by atoms with Crippen molar-refractivity contribution < 1.29 is 36.9 Å². The van der Waals surface area contributed by atoms with E-state index in [9.17, 15) is 27.6 Å². The number of hydrogen-bond acceptors (Lipinski definition) is 8. The molecule has 0 aliphatic carbocycles. The minimum absolute atomic E-state index is 0. The average molecular weight is 511 g/mol. The van der Waals surface area contributed by atoms with Gasteiger partial charge in [0.2, 0.25) is 23.6 Å². The fourth-order valence-corrected chi connectivity index (χ4v) is 4.26. The molecule has 0 bridgehead atoms. The number of aliphatic hydroxyl groups excluding tert-OH is 1. The van der Waals surface area contributed by atoms with Crippen molar-refractivity contribution in [1.29, 1.82) is 0 Å². The lowest BCUT2D eigenvalue weighted by Gasteiger charge is -2.24. The van der Waals surface area contributed by atoms with Crippen molar-refractivity contribution in [2.45, 2.75) is 66.5 Å². The van der Waals surface area contributed by atoms with Crippen molar-refractivity contribution in [3.63, 3.8) is 0 Å². The van der Waals surface area contributed by atoms with E-state index in [-0.39, 0.29) is 58.1 Å². The SMILES string of the molecule is C.C.CC[C@@H](C(N)=O)N1CC(CO)CC1=O.CC[C@@H](C(N)=O)N1CC(COS(C)(=O)=O)CC1=O. The third-order valence-corrected chi connectivity index (χ3v) is 6.00. The number of rotatable bonds is 10. The summed E-state index contributed by atoms with van der Waals surface area (Å²) in [6.07, 6.45) is 2.43. The van der Waals surface area contributed by atoms with Gasteiger partial charge < -0.3 is 26.4 Å². The van der Waals surface area contributed by atoms with Gasteiger partial charge in [0.25, 0.3) is 10.1 Å². The molecule has 200 valence electrons. The Morgan fingerprint density at radius 2 is 1.35 bits per heavy atom. The van der Waals surface area contributed by atoms with Crippen LogP contribution in [0.4, 0.5) is 0 Å². The number of primary amides is 2. The van der Waals surface area contributed by atoms with Gasteiger partial charge in [-0.25, -0.2) is 0 Å². The van der Waals surface area contributed by atoms with Crippen molar-refractivity contribution in [2.75, 3.05) is 32.6 Å². The number of likely N-dealkylation sites (tertiary alicyclic amines) is 2. The van der Waals surface area contributed by atoms with Crippen LogP contribution < -0.4 is 11.5 Å². The van der Waals surface area contributed by atoms with E-state index < -0.39 is 34.0 Å². The van der Waals surface area contributed by atoms with Crippen LogP contribution in [-0.4, -0.2) is 91.6 Å². The Morgan fingerprint density at radius 3 is 1.65 bits per heavy atom. The fourth-order valence-electron chi connectivity index (χ4n) is 3.82. The lowest BCUT2D eigenvalue weighted by molar-refractivity contribution is -0.136. The summed E-state index contributed by atoms with van der Waals surface area (Å²) in [7, 11) is -3.51. The van der Waals surface area contributed by atoms with Gasteiger partial charge >= 0.3 is 0 Å². The zero-order valence-electron chi connectivity index (χ0n) is 18.7. The molecule has 5 N–H and O–H groups in total. The molecule has 4 atom stereocenters. The van der Waals surface area contributed by atoms with E-state index in [0.717, 1.165) is 6.26 Å². The topological polar surface area (TPSA) is 190 Å². The van der Waals surface area contributed by atoms with E-state index in [1.54, 1.807) is 6.92 Å². The number of nitrogens with zero attached hydrogens (tertiary/aromatic N) is 2. The van der Waals surface area contributed by atoms with Crippen LogP contribution in [0.5, 0.6) is 0 Å². The van der Waals surface area contributed by atoms with Gasteiger partial charge in [-0.15, -0.1) is 0 Å². The molecule has 0 aromatic rings. The normalized spacial score (nSPS) is 21.6. The molecule has 2 fully saturated rings. The Bertz CT molecular complexity index is 805. The summed E-state index contributed by atoms with van der Waals surface area (Å²) in [6.45, 7) is 4.26. The first-order chi connectivity index (χ1) is 14.8. The second kappa shape index (κ2) is 14.9. The molecule has 13 heteroatoms. The maximum atomic E-state index is 11.7. The zero-order chi connectivity index (χ0) is 24.6. The number of amides is 4. The highest BCUT2D eigenvalue weighted by molar-refractivity contribution is 7.85. The van der Waals surface area contributed by atoms with E-state index in [2.05, 4.69) is 4.18 Å². The smallest absolute Gasteiger partial charge is 0.264 e. The highest BCUT2D eigenvalue weighted by atomic mass is 32.2. The van der Waals surface area contributed by atoms with E-state index in [0.29, 0.717) is 32.4 Å². The van der Waals surface area contributed by atoms with Crippen molar-refractivity contribution >= 4 is 33.7 Å². The first-order valence-electron chi connectivity index (χ1n) is 10.5. The van der Waals surface area contributed by atoms with E-state index in [1.807, 2.05) is 6.92 Å². The summed E-state index contributed by atoms with van der Waals surface area (Å²) in [5, 5.41) is 8.90. The van der Waals surface area contributed by atoms with E-state index in [4.69, 9.17) is 16.6 Å². The van der Waals surface area contributed by atoms with Crippen LogP contribution >= 0.6 is 0 Å². The Labute approximate surface area is 203 Å². The molecule has 2 aliphatic rings. The zero-order valence-corrected chi connectivity index (χ0v) is 19.5. The molecule has 2 aliphatic heterocycles. The number of carbonyl (C=O) groups excluding carboxylic acids is 4. The summed E-state index contributed by atoms with van der Waals surface area (Å²) >= 11 is 0. The molecule has 4 amide bonds. The fraction of sp³-hybridized carbons (Fsp3) is 0.810. The van der Waals surface area contributed by atoms with Gasteiger partial charge in [0.05, 0.1) is 12.9 Å². The van der Waals surface area contributed by atoms with Crippen molar-refractivity contribution in [2.24, 2.45) is 23.3 Å². The Balaban J connectivity index is 0. The first-order valence-corrected chi connectivity index (χ1v) is 12.3. The van der Waals surface area contributed by atoms with Crippen LogP contribution in [0.3, 0.4) is 0 Å². The molecule has 0 aromatic heterocycles. The monoisotopic (exact) mass is 510 g/mol. The van der Waals surface area contributed by atoms with Crippen LogP contribution in [0.2, 0.25) is 0 Å². The average Bonchev–Trinajstić information content (AvgIpc) is 3.24. The lowest BCUT2D eigenvalue weighted by Crippen LogP contribution is -2.45. The van der Waals surface area contributed by atoms with E-state index >= 15 is 0 Å². The first kappa shape index (κ1) is 33.9. The van der Waals surface area contributed by atoms with Gasteiger partial charge in [-0.05, 0) is 12.8 Å². The third-order valence-electron chi connectivity index (χ3n) is 5.44. The maximum absolute atomic E-state index is 11.7. The van der Waals surface area contributed by atoms with Gasteiger partial charge in [0.1, 0.15) is 12.1 Å². The van der Waals surface area contributed by atoms with Crippen LogP contribution in [0, 0.1) is 11.8 Å². The second-order valence-electron chi connectivity index (χ2n) is 8.06. The second-order valence-corrected chi connectivity index (χ2v) is 9.70. The maximum Gasteiger partial charge on any atom is 0.264 e. The predicted octanol–water partition coefficient (Wildman–Crippen LogP) is -0.562. The molecule has 34 heavy (non-hydrogen) atoms. The highest BCUT2D eigenvalue weighted by Gasteiger charge is 2.37. The lowest BCUT2D eigenvalue weighted by atomic mass is 10.1. The van der Waals surface area contributed by atoms with Gasteiger partial charge in [0, 0.05) is 44.4 Å². The molecule has 12 nitrogen and oxygen atoms in total. The molecule has 2 rings (SSSR count). The summed E-state index contributed by atoms with van der Waals surface area (Å²) in [4.78, 5) is 48.3. The molecule has 2 heterocycles. The Morgan fingerprint density at radius 1 is 0.971 bits per heavy atom. The summed E-state index contributed by atoms with van der Waals surface area (Å²) in [5.41, 5.74) is 10.4. The standard InChI is InChI=1S/C10H18N2O5S.C9H16N2O3.2CH4/c1-3-8(10(11)14)12-5-7(4-9(12)13)6-17-18(2,15)16;1-2-7(9(10)14)11-4-6(5-12)3-8(11)13;;/h7-8H,3-6H2,1-2H3,(H2,11,14);6-7,12H,2-5H2,1H3,(H2,10,14);2*1H4/t7?,8-;6?,7-;;/m00../s1. The largest absolute Gasteiger partial charge is 0.396 e. The van der Waals surface area contributed by atoms with Gasteiger partial charge in [0.15, 0.2) is 0 Å². The minimum Gasteiger partial charge on any atom is -0.396 e. The van der Waals surface area contributed by atoms with Crippen molar-refractivity contribution in [3.05, 3.63) is 0 Å². The summed E-state index contributed by atoms with van der Waals surface area (Å²) in [6, 6.07) is -1.14. The van der Waals surface area contributed by atoms with Crippen LogP contribution in [0.25, 0.3) is 0 Å². The highest BCUT2D eigenvalue weighted by Crippen LogP contribution is 2.22. The van der Waals surface area contributed by atoms with Crippen molar-refractivity contribution in [1.82, 2.24) is 9.80 Å².